The molecule has 0 unspecified atom stereocenters. The van der Waals surface area contributed by atoms with Gasteiger partial charge in [-0.25, -0.2) is 0 Å². The molecule has 0 bridgehead atoms. The van der Waals surface area contributed by atoms with Crippen LogP contribution in [0.25, 0.3) is 23.1 Å². The molecular weight excluding hydrogens is 548 g/mol. The summed E-state index contributed by atoms with van der Waals surface area (Å²) >= 11 is 1.72. The van der Waals surface area contributed by atoms with E-state index < -0.39 is 0 Å². The summed E-state index contributed by atoms with van der Waals surface area (Å²) in [5.74, 6) is 1.70. The smallest absolute Gasteiger partial charge is 0.275 e. The third kappa shape index (κ3) is 6.86. The summed E-state index contributed by atoms with van der Waals surface area (Å²) in [7, 11) is 3.23. The molecule has 0 N–H and O–H groups in total. The van der Waals surface area contributed by atoms with E-state index >= 15 is 0 Å². The van der Waals surface area contributed by atoms with E-state index in [1.54, 1.807) is 30.1 Å². The quantitative estimate of drug-likeness (QED) is 0.156. The van der Waals surface area contributed by atoms with Crippen LogP contribution in [0.5, 0.6) is 11.5 Å². The van der Waals surface area contributed by atoms with Crippen molar-refractivity contribution < 1.29 is 14.3 Å². The number of carbonyl (C=O) groups is 1. The first-order chi connectivity index (χ1) is 20.5. The number of anilines is 1. The van der Waals surface area contributed by atoms with E-state index in [0.29, 0.717) is 52.5 Å². The number of methoxy groups -OCH3 is 2. The number of rotatable bonds is 16. The third-order valence-corrected chi connectivity index (χ3v) is 8.50. The second-order valence-electron chi connectivity index (χ2n) is 10.3. The lowest BCUT2D eigenvalue weighted by molar-refractivity contribution is 0.0743. The Hall–Kier alpha value is -3.66. The SMILES string of the molecule is CCCCN(CCCC)C(=O)c1nn2c(-c3cc(OC)ccc3OC)nnc2/c1=C\c1ccc(N(CC)CCCC)s1. The predicted octanol–water partition coefficient (Wildman–Crippen LogP) is 6.09. The topological polar surface area (TPSA) is 85.1 Å². The van der Waals surface area contributed by atoms with Crippen molar-refractivity contribution in [2.45, 2.75) is 66.2 Å². The van der Waals surface area contributed by atoms with Crippen molar-refractivity contribution in [3.8, 4) is 22.9 Å². The molecule has 42 heavy (non-hydrogen) atoms. The van der Waals surface area contributed by atoms with Crippen LogP contribution in [0.15, 0.2) is 30.3 Å². The second kappa shape index (κ2) is 15.0. The van der Waals surface area contributed by atoms with Gasteiger partial charge in [0.15, 0.2) is 17.2 Å². The molecule has 226 valence electrons. The maximum atomic E-state index is 14.1. The van der Waals surface area contributed by atoms with Crippen molar-refractivity contribution in [3.63, 3.8) is 0 Å². The zero-order valence-electron chi connectivity index (χ0n) is 25.9. The molecule has 0 fully saturated rings. The van der Waals surface area contributed by atoms with Crippen LogP contribution in [0.2, 0.25) is 0 Å². The highest BCUT2D eigenvalue weighted by Gasteiger charge is 2.25. The van der Waals surface area contributed by atoms with E-state index in [4.69, 9.17) is 14.6 Å². The van der Waals surface area contributed by atoms with Crippen LogP contribution in [-0.2, 0) is 0 Å². The van der Waals surface area contributed by atoms with Gasteiger partial charge in [0.2, 0.25) is 0 Å². The summed E-state index contributed by atoms with van der Waals surface area (Å²) in [5.41, 5.74) is 1.62. The fourth-order valence-electron chi connectivity index (χ4n) is 4.92. The highest BCUT2D eigenvalue weighted by Crippen LogP contribution is 2.32. The molecule has 0 atom stereocenters. The third-order valence-electron chi connectivity index (χ3n) is 7.41. The van der Waals surface area contributed by atoms with Crippen LogP contribution in [0, 0.1) is 0 Å². The Kier molecular flexibility index (Phi) is 11.2. The normalized spacial score (nSPS) is 11.8. The molecule has 10 heteroatoms. The first-order valence-corrected chi connectivity index (χ1v) is 15.9. The van der Waals surface area contributed by atoms with Crippen molar-refractivity contribution in [3.05, 3.63) is 46.1 Å². The van der Waals surface area contributed by atoms with Gasteiger partial charge in [0.25, 0.3) is 5.91 Å². The number of carbonyl (C=O) groups excluding carboxylic acids is 1. The average Bonchev–Trinajstić information content (AvgIpc) is 3.74. The standard InChI is InChI=1S/C32H44N6O3S/c1-7-11-18-36(10-4)28-17-15-24(42-28)22-26-29(32(39)37(19-12-8-2)20-13-9-3)35-38-30(33-34-31(26)38)25-21-23(40-5)14-16-27(25)41-6/h14-17,21-22H,7-13,18-20H2,1-6H3/b26-22-. The van der Waals surface area contributed by atoms with E-state index in [1.807, 2.05) is 29.2 Å². The van der Waals surface area contributed by atoms with Crippen molar-refractivity contribution in [2.75, 3.05) is 45.3 Å². The first-order valence-electron chi connectivity index (χ1n) is 15.1. The Labute approximate surface area is 253 Å². The molecule has 4 aromatic rings. The number of amides is 1. The molecule has 0 saturated heterocycles. The number of fused-ring (bicyclic) bond motifs is 1. The summed E-state index contributed by atoms with van der Waals surface area (Å²) in [6, 6.07) is 9.79. The molecule has 0 spiro atoms. The van der Waals surface area contributed by atoms with Crippen molar-refractivity contribution in [2.24, 2.45) is 0 Å². The predicted molar refractivity (Wildman–Crippen MR) is 171 cm³/mol. The van der Waals surface area contributed by atoms with Gasteiger partial charge >= 0.3 is 0 Å². The minimum atomic E-state index is -0.0767. The highest BCUT2D eigenvalue weighted by molar-refractivity contribution is 7.16. The maximum Gasteiger partial charge on any atom is 0.275 e. The lowest BCUT2D eigenvalue weighted by Gasteiger charge is -2.21. The Morgan fingerprint density at radius 2 is 1.64 bits per heavy atom. The van der Waals surface area contributed by atoms with E-state index in [2.05, 4.69) is 54.9 Å². The number of hydrogen-bond acceptors (Lipinski definition) is 8. The van der Waals surface area contributed by atoms with Gasteiger partial charge in [0.1, 0.15) is 11.5 Å². The largest absolute Gasteiger partial charge is 0.497 e. The summed E-state index contributed by atoms with van der Waals surface area (Å²) in [6.07, 6.45) is 8.26. The minimum Gasteiger partial charge on any atom is -0.497 e. The molecule has 3 aromatic heterocycles. The van der Waals surface area contributed by atoms with Crippen molar-refractivity contribution in [1.29, 1.82) is 0 Å². The second-order valence-corrected chi connectivity index (χ2v) is 11.4. The van der Waals surface area contributed by atoms with Gasteiger partial charge in [-0.2, -0.15) is 9.61 Å². The molecule has 0 aliphatic rings. The molecule has 4 rings (SSSR count). The number of unbranched alkanes of at least 4 members (excludes halogenated alkanes) is 3. The number of hydrogen-bond donors (Lipinski definition) is 0. The number of aromatic nitrogens is 4. The molecule has 0 saturated carbocycles. The van der Waals surface area contributed by atoms with E-state index in [0.717, 1.165) is 56.5 Å². The fraction of sp³-hybridized carbons (Fsp3) is 0.500. The van der Waals surface area contributed by atoms with Gasteiger partial charge in [-0.15, -0.1) is 21.5 Å². The molecule has 3 heterocycles. The van der Waals surface area contributed by atoms with E-state index in [9.17, 15) is 4.79 Å². The summed E-state index contributed by atoms with van der Waals surface area (Å²) < 4.78 is 12.8. The number of thiophene rings is 1. The van der Waals surface area contributed by atoms with Gasteiger partial charge in [0.05, 0.1) is 30.0 Å². The molecule has 1 aromatic carbocycles. The van der Waals surface area contributed by atoms with E-state index in [1.165, 1.54) is 5.00 Å². The van der Waals surface area contributed by atoms with Crippen LogP contribution in [0.1, 0.15) is 81.6 Å². The molecule has 1 amide bonds. The number of nitrogens with zero attached hydrogens (tertiary/aromatic N) is 6. The Morgan fingerprint density at radius 1 is 0.929 bits per heavy atom. The fourth-order valence-corrected chi connectivity index (χ4v) is 5.96. The summed E-state index contributed by atoms with van der Waals surface area (Å²) in [4.78, 5) is 19.5. The molecular formula is C32H44N6O3S. The molecule has 0 aliphatic heterocycles. The Bertz CT molecular complexity index is 1510. The summed E-state index contributed by atoms with van der Waals surface area (Å²) in [5, 5.41) is 15.8. The monoisotopic (exact) mass is 592 g/mol. The van der Waals surface area contributed by atoms with Crippen molar-refractivity contribution >= 4 is 34.0 Å². The lowest BCUT2D eigenvalue weighted by atomic mass is 10.2. The van der Waals surface area contributed by atoms with Crippen LogP contribution in [0.4, 0.5) is 5.00 Å². The lowest BCUT2D eigenvalue weighted by Crippen LogP contribution is -2.35. The van der Waals surface area contributed by atoms with Gasteiger partial charge in [-0.1, -0.05) is 40.0 Å². The van der Waals surface area contributed by atoms with Gasteiger partial charge in [-0.3, -0.25) is 4.79 Å². The highest BCUT2D eigenvalue weighted by atomic mass is 32.1. The van der Waals surface area contributed by atoms with Crippen LogP contribution < -0.4 is 19.6 Å². The zero-order valence-corrected chi connectivity index (χ0v) is 26.7. The zero-order chi connectivity index (χ0) is 30.1. The molecule has 0 aliphatic carbocycles. The summed E-state index contributed by atoms with van der Waals surface area (Å²) in [6.45, 7) is 12.1. The number of ether oxygens (including phenoxy) is 2. The molecule has 9 nitrogen and oxygen atoms in total. The van der Waals surface area contributed by atoms with Crippen molar-refractivity contribution in [1.82, 2.24) is 24.7 Å². The van der Waals surface area contributed by atoms with Gasteiger partial charge in [-0.05, 0) is 62.6 Å². The minimum absolute atomic E-state index is 0.0767. The Morgan fingerprint density at radius 3 is 2.29 bits per heavy atom. The maximum absolute atomic E-state index is 14.1. The van der Waals surface area contributed by atoms with Crippen LogP contribution >= 0.6 is 11.3 Å². The van der Waals surface area contributed by atoms with Gasteiger partial charge in [0, 0.05) is 31.1 Å². The first kappa shape index (κ1) is 31.3. The van der Waals surface area contributed by atoms with Crippen LogP contribution in [0.3, 0.4) is 0 Å². The van der Waals surface area contributed by atoms with E-state index in [-0.39, 0.29) is 5.91 Å². The molecule has 0 radical (unpaired) electrons. The van der Waals surface area contributed by atoms with Gasteiger partial charge < -0.3 is 19.3 Å². The average molecular weight is 593 g/mol. The Balaban J connectivity index is 1.88. The van der Waals surface area contributed by atoms with Crippen LogP contribution in [-0.4, -0.2) is 71.0 Å². The number of benzene rings is 1.